The van der Waals surface area contributed by atoms with Crippen molar-refractivity contribution < 1.29 is 14.3 Å². The largest absolute Gasteiger partial charge is 0.439 e. The molecule has 0 unspecified atom stereocenters. The van der Waals surface area contributed by atoms with Gasteiger partial charge in [-0.2, -0.15) is 5.26 Å². The summed E-state index contributed by atoms with van der Waals surface area (Å²) in [5.41, 5.74) is 5.18. The van der Waals surface area contributed by atoms with Gasteiger partial charge in [0, 0.05) is 25.4 Å². The molecule has 2 aromatic rings. The van der Waals surface area contributed by atoms with Crippen LogP contribution in [0.3, 0.4) is 0 Å². The summed E-state index contributed by atoms with van der Waals surface area (Å²) in [6.07, 6.45) is 1.92. The number of para-hydroxylation sites is 1. The first kappa shape index (κ1) is 21.3. The molecule has 0 fully saturated rings. The number of nitrogens with zero attached hydrogens (tertiary/aromatic N) is 3. The first-order valence-electron chi connectivity index (χ1n) is 7.43. The highest BCUT2D eigenvalue weighted by Crippen LogP contribution is 2.19. The van der Waals surface area contributed by atoms with Gasteiger partial charge in [0.15, 0.2) is 0 Å². The van der Waals surface area contributed by atoms with Crippen LogP contribution in [-0.2, 0) is 6.54 Å². The van der Waals surface area contributed by atoms with Crippen molar-refractivity contribution in [1.29, 1.82) is 5.26 Å². The minimum atomic E-state index is -0.639. The second-order valence-electron chi connectivity index (χ2n) is 4.87. The maximum absolute atomic E-state index is 11.4. The Balaban J connectivity index is 0.000000765. The van der Waals surface area contributed by atoms with E-state index in [1.807, 2.05) is 42.5 Å². The van der Waals surface area contributed by atoms with Crippen LogP contribution in [0.25, 0.3) is 0 Å². The number of nitriles is 1. The number of rotatable bonds is 6. The molecule has 26 heavy (non-hydrogen) atoms. The molecule has 0 bridgehead atoms. The Morgan fingerprint density at radius 2 is 1.85 bits per heavy atom. The molecule has 0 aliphatic carbocycles. The Kier molecular flexibility index (Phi) is 9.67. The molecule has 1 heterocycles. The Bertz CT molecular complexity index is 745. The van der Waals surface area contributed by atoms with Crippen LogP contribution in [0.4, 0.5) is 9.59 Å². The van der Waals surface area contributed by atoms with Crippen LogP contribution >= 0.6 is 25.3 Å². The van der Waals surface area contributed by atoms with Crippen molar-refractivity contribution in [3.8, 4) is 17.7 Å². The van der Waals surface area contributed by atoms with E-state index < -0.39 is 5.24 Å². The lowest BCUT2D eigenvalue weighted by molar-refractivity contribution is 0.222. The summed E-state index contributed by atoms with van der Waals surface area (Å²) in [4.78, 5) is 26.2. The van der Waals surface area contributed by atoms with E-state index in [0.717, 1.165) is 5.56 Å². The number of hydrogen-bond donors (Lipinski definition) is 3. The van der Waals surface area contributed by atoms with Crippen molar-refractivity contribution in [1.82, 2.24) is 9.88 Å². The molecule has 1 aromatic heterocycles. The third kappa shape index (κ3) is 8.96. The maximum Gasteiger partial charge on any atom is 0.278 e. The van der Waals surface area contributed by atoms with Gasteiger partial charge < -0.3 is 15.4 Å². The molecule has 0 radical (unpaired) electrons. The standard InChI is InChI=1S/C16H15N3O2S.CH3NOS/c17-9-4-10-19(16(20)22)12-13-7-8-15(18-11-13)21-14-5-2-1-3-6-14;2-1(3)4/h1-3,5-8,11H,4,10,12H2,(H,20,22);(H3,2,3,4). The number of hydrogen-bond acceptors (Lipinski definition) is 5. The fourth-order valence-corrected chi connectivity index (χ4v) is 1.99. The van der Waals surface area contributed by atoms with Crippen LogP contribution in [0.1, 0.15) is 12.0 Å². The Hall–Kier alpha value is -2.70. The van der Waals surface area contributed by atoms with Gasteiger partial charge in [-0.1, -0.05) is 49.5 Å². The number of ether oxygens (including phenoxy) is 1. The van der Waals surface area contributed by atoms with E-state index in [1.54, 1.807) is 12.3 Å². The van der Waals surface area contributed by atoms with Crippen LogP contribution in [0.5, 0.6) is 11.6 Å². The van der Waals surface area contributed by atoms with Crippen molar-refractivity contribution in [3.63, 3.8) is 0 Å². The molecular formula is C17H18N4O3S2. The van der Waals surface area contributed by atoms with E-state index in [-0.39, 0.29) is 11.7 Å². The Morgan fingerprint density at radius 1 is 1.19 bits per heavy atom. The predicted molar refractivity (Wildman–Crippen MR) is 104 cm³/mol. The van der Waals surface area contributed by atoms with Crippen molar-refractivity contribution >= 4 is 35.7 Å². The van der Waals surface area contributed by atoms with Gasteiger partial charge in [0.25, 0.3) is 10.5 Å². The summed E-state index contributed by atoms with van der Waals surface area (Å²) in [5.74, 6) is 1.19. The zero-order valence-electron chi connectivity index (χ0n) is 13.8. The minimum Gasteiger partial charge on any atom is -0.439 e. The monoisotopic (exact) mass is 390 g/mol. The second-order valence-corrected chi connectivity index (χ2v) is 5.69. The van der Waals surface area contributed by atoms with Gasteiger partial charge >= 0.3 is 0 Å². The van der Waals surface area contributed by atoms with E-state index >= 15 is 0 Å². The second kappa shape index (κ2) is 11.8. The first-order valence-corrected chi connectivity index (χ1v) is 8.33. The van der Waals surface area contributed by atoms with E-state index in [2.05, 4.69) is 36.0 Å². The summed E-state index contributed by atoms with van der Waals surface area (Å²) >= 11 is 6.92. The number of nitrogens with two attached hydrogens (primary N) is 1. The molecule has 2 N–H and O–H groups in total. The van der Waals surface area contributed by atoms with Crippen molar-refractivity contribution in [2.45, 2.75) is 13.0 Å². The third-order valence-electron chi connectivity index (χ3n) is 2.90. The molecule has 0 aliphatic rings. The Morgan fingerprint density at radius 3 is 2.35 bits per heavy atom. The molecule has 2 rings (SSSR count). The van der Waals surface area contributed by atoms with Gasteiger partial charge in [-0.25, -0.2) is 4.98 Å². The lowest BCUT2D eigenvalue weighted by atomic mass is 10.2. The molecule has 7 nitrogen and oxygen atoms in total. The fourth-order valence-electron chi connectivity index (χ4n) is 1.82. The molecule has 136 valence electrons. The third-order valence-corrected chi connectivity index (χ3v) is 3.18. The van der Waals surface area contributed by atoms with Crippen LogP contribution in [-0.4, -0.2) is 26.9 Å². The van der Waals surface area contributed by atoms with Crippen LogP contribution < -0.4 is 10.5 Å². The summed E-state index contributed by atoms with van der Waals surface area (Å²) in [6.45, 7) is 0.712. The molecule has 0 saturated carbocycles. The van der Waals surface area contributed by atoms with Crippen LogP contribution in [0, 0.1) is 11.3 Å². The zero-order valence-corrected chi connectivity index (χ0v) is 15.6. The van der Waals surface area contributed by atoms with Gasteiger partial charge in [-0.05, 0) is 17.7 Å². The lowest BCUT2D eigenvalue weighted by Crippen LogP contribution is -2.26. The highest BCUT2D eigenvalue weighted by atomic mass is 32.1. The van der Waals surface area contributed by atoms with Gasteiger partial charge in [0.1, 0.15) is 5.75 Å². The average molecular weight is 390 g/mol. The predicted octanol–water partition coefficient (Wildman–Crippen LogP) is 3.63. The molecule has 0 aliphatic heterocycles. The number of amides is 2. The number of aromatic nitrogens is 1. The topological polar surface area (TPSA) is 109 Å². The fraction of sp³-hybridized carbons (Fsp3) is 0.176. The van der Waals surface area contributed by atoms with E-state index in [4.69, 9.17) is 14.8 Å². The van der Waals surface area contributed by atoms with Gasteiger partial charge in [0.2, 0.25) is 5.88 Å². The maximum atomic E-state index is 11.4. The SMILES string of the molecule is N#CCCN(Cc1ccc(Oc2ccccc2)nc1)C(=O)S.NC(=O)S. The van der Waals surface area contributed by atoms with Gasteiger partial charge in [-0.15, -0.1) is 0 Å². The van der Waals surface area contributed by atoms with Crippen molar-refractivity contribution in [3.05, 3.63) is 54.2 Å². The zero-order chi connectivity index (χ0) is 19.4. The first-order chi connectivity index (χ1) is 12.4. The van der Waals surface area contributed by atoms with Gasteiger partial charge in [0.05, 0.1) is 12.5 Å². The van der Waals surface area contributed by atoms with E-state index in [0.29, 0.717) is 24.7 Å². The molecule has 1 aromatic carbocycles. The highest BCUT2D eigenvalue weighted by molar-refractivity contribution is 7.96. The Labute approximate surface area is 162 Å². The molecule has 0 spiro atoms. The number of carbonyl (C=O) groups excluding carboxylic acids is 2. The molecule has 0 atom stereocenters. The normalized spacial score (nSPS) is 9.27. The summed E-state index contributed by atoms with van der Waals surface area (Å²) in [7, 11) is 0. The van der Waals surface area contributed by atoms with Crippen molar-refractivity contribution in [2.75, 3.05) is 6.54 Å². The van der Waals surface area contributed by atoms with Crippen LogP contribution in [0.15, 0.2) is 48.7 Å². The quantitative estimate of drug-likeness (QED) is 0.653. The molecule has 2 amide bonds. The van der Waals surface area contributed by atoms with Crippen LogP contribution in [0.2, 0.25) is 0 Å². The average Bonchev–Trinajstić information content (AvgIpc) is 2.60. The highest BCUT2D eigenvalue weighted by Gasteiger charge is 2.10. The number of pyridine rings is 1. The summed E-state index contributed by atoms with van der Waals surface area (Å²) < 4.78 is 5.60. The number of primary amides is 1. The van der Waals surface area contributed by atoms with Gasteiger partial charge in [-0.3, -0.25) is 9.59 Å². The molecule has 0 saturated heterocycles. The number of thiol groups is 2. The van der Waals surface area contributed by atoms with Crippen molar-refractivity contribution in [2.24, 2.45) is 5.73 Å². The smallest absolute Gasteiger partial charge is 0.278 e. The minimum absolute atomic E-state index is 0.273. The number of carbonyl (C=O) groups is 2. The van der Waals surface area contributed by atoms with E-state index in [9.17, 15) is 4.79 Å². The molecule has 9 heteroatoms. The molecular weight excluding hydrogens is 372 g/mol. The summed E-state index contributed by atoms with van der Waals surface area (Å²) in [5, 5.41) is 7.60. The van der Waals surface area contributed by atoms with E-state index in [1.165, 1.54) is 4.90 Å². The number of benzene rings is 1. The lowest BCUT2D eigenvalue weighted by Gasteiger charge is -2.18. The summed E-state index contributed by atoms with van der Waals surface area (Å²) in [6, 6.07) is 15.0.